The highest BCUT2D eigenvalue weighted by atomic mass is 32.2. The summed E-state index contributed by atoms with van der Waals surface area (Å²) in [4.78, 5) is 8.73. The molecule has 7 nitrogen and oxygen atoms in total. The number of hydrogen-bond acceptors (Lipinski definition) is 5. The van der Waals surface area contributed by atoms with Gasteiger partial charge in [-0.05, 0) is 30.5 Å². The molecule has 0 radical (unpaired) electrons. The van der Waals surface area contributed by atoms with Crippen LogP contribution in [0.3, 0.4) is 0 Å². The van der Waals surface area contributed by atoms with Crippen LogP contribution in [0.2, 0.25) is 0 Å². The van der Waals surface area contributed by atoms with Crippen LogP contribution in [-0.2, 0) is 16.8 Å². The van der Waals surface area contributed by atoms with Crippen molar-refractivity contribution in [3.63, 3.8) is 0 Å². The minimum atomic E-state index is -3.70. The predicted molar refractivity (Wildman–Crippen MR) is 103 cm³/mol. The number of methoxy groups -OCH3 is 1. The standard InChI is InChI=1S/C19H20N4O3S/c1-26-16-8-9-17-18(10-16)21-12-22-19(17)14-4-2-13(3-5-14)11-23(15-6-7-15)27(20,24)25/h2-5,8-10,12,15H,6-7,11H2,1H3,(H2,20,24,25). The number of rotatable bonds is 6. The summed E-state index contributed by atoms with van der Waals surface area (Å²) < 4.78 is 30.2. The first-order chi connectivity index (χ1) is 13.0. The van der Waals surface area contributed by atoms with E-state index in [4.69, 9.17) is 9.88 Å². The van der Waals surface area contributed by atoms with Crippen molar-refractivity contribution < 1.29 is 13.2 Å². The predicted octanol–water partition coefficient (Wildman–Crippen LogP) is 2.47. The smallest absolute Gasteiger partial charge is 0.277 e. The summed E-state index contributed by atoms with van der Waals surface area (Å²) in [6.07, 6.45) is 3.26. The Hall–Kier alpha value is -2.55. The summed E-state index contributed by atoms with van der Waals surface area (Å²) in [6, 6.07) is 13.4. The van der Waals surface area contributed by atoms with Gasteiger partial charge in [-0.2, -0.15) is 12.7 Å². The van der Waals surface area contributed by atoms with E-state index in [-0.39, 0.29) is 12.6 Å². The normalized spacial score (nSPS) is 14.6. The van der Waals surface area contributed by atoms with Crippen LogP contribution in [0.5, 0.6) is 5.75 Å². The third kappa shape index (κ3) is 3.78. The fourth-order valence-corrected chi connectivity index (χ4v) is 4.09. The first kappa shape index (κ1) is 17.8. The average molecular weight is 384 g/mol. The van der Waals surface area contributed by atoms with E-state index in [0.717, 1.165) is 46.3 Å². The molecular formula is C19H20N4O3S. The molecule has 0 atom stereocenters. The van der Waals surface area contributed by atoms with Crippen molar-refractivity contribution in [1.29, 1.82) is 0 Å². The summed E-state index contributed by atoms with van der Waals surface area (Å²) in [5.41, 5.74) is 3.45. The monoisotopic (exact) mass is 384 g/mol. The molecule has 4 rings (SSSR count). The molecule has 1 aliphatic carbocycles. The fraction of sp³-hybridized carbons (Fsp3) is 0.263. The molecule has 140 valence electrons. The van der Waals surface area contributed by atoms with Crippen molar-refractivity contribution in [2.24, 2.45) is 5.14 Å². The maximum Gasteiger partial charge on any atom is 0.277 e. The van der Waals surface area contributed by atoms with Crippen molar-refractivity contribution in [1.82, 2.24) is 14.3 Å². The van der Waals surface area contributed by atoms with E-state index < -0.39 is 10.2 Å². The van der Waals surface area contributed by atoms with Crippen LogP contribution in [0.1, 0.15) is 18.4 Å². The van der Waals surface area contributed by atoms with Crippen LogP contribution < -0.4 is 9.88 Å². The molecule has 1 fully saturated rings. The van der Waals surface area contributed by atoms with Gasteiger partial charge in [0.2, 0.25) is 0 Å². The molecule has 1 saturated carbocycles. The van der Waals surface area contributed by atoms with Gasteiger partial charge in [0.15, 0.2) is 0 Å². The van der Waals surface area contributed by atoms with E-state index in [2.05, 4.69) is 9.97 Å². The third-order valence-electron chi connectivity index (χ3n) is 4.69. The lowest BCUT2D eigenvalue weighted by molar-refractivity contribution is 0.399. The van der Waals surface area contributed by atoms with Gasteiger partial charge >= 0.3 is 0 Å². The molecule has 27 heavy (non-hydrogen) atoms. The first-order valence-corrected chi connectivity index (χ1v) is 10.1. The summed E-state index contributed by atoms with van der Waals surface area (Å²) >= 11 is 0. The van der Waals surface area contributed by atoms with Crippen LogP contribution >= 0.6 is 0 Å². The molecule has 0 bridgehead atoms. The highest BCUT2D eigenvalue weighted by Crippen LogP contribution is 2.31. The van der Waals surface area contributed by atoms with Gasteiger partial charge < -0.3 is 4.74 Å². The number of fused-ring (bicyclic) bond motifs is 1. The molecule has 1 aromatic heterocycles. The zero-order valence-corrected chi connectivity index (χ0v) is 15.7. The van der Waals surface area contributed by atoms with Gasteiger partial charge in [0.25, 0.3) is 10.2 Å². The Morgan fingerprint density at radius 3 is 2.52 bits per heavy atom. The molecule has 2 aromatic carbocycles. The Kier molecular flexibility index (Phi) is 4.55. The molecule has 2 N–H and O–H groups in total. The minimum absolute atomic E-state index is 0.0282. The summed E-state index contributed by atoms with van der Waals surface area (Å²) in [5, 5.41) is 6.27. The first-order valence-electron chi connectivity index (χ1n) is 8.63. The van der Waals surface area contributed by atoms with E-state index in [0.29, 0.717) is 0 Å². The van der Waals surface area contributed by atoms with Crippen LogP contribution in [0.25, 0.3) is 22.2 Å². The van der Waals surface area contributed by atoms with Gasteiger partial charge in [0.1, 0.15) is 12.1 Å². The zero-order valence-electron chi connectivity index (χ0n) is 14.9. The number of nitrogens with zero attached hydrogens (tertiary/aromatic N) is 3. The Morgan fingerprint density at radius 1 is 1.15 bits per heavy atom. The Bertz CT molecular complexity index is 1080. The summed E-state index contributed by atoms with van der Waals surface area (Å²) in [5.74, 6) is 0.741. The topological polar surface area (TPSA) is 98.4 Å². The van der Waals surface area contributed by atoms with E-state index in [1.807, 2.05) is 42.5 Å². The highest BCUT2D eigenvalue weighted by Gasteiger charge is 2.35. The number of nitrogens with two attached hydrogens (primary N) is 1. The van der Waals surface area contributed by atoms with Crippen LogP contribution in [0.15, 0.2) is 48.8 Å². The lowest BCUT2D eigenvalue weighted by Crippen LogP contribution is -2.37. The highest BCUT2D eigenvalue weighted by molar-refractivity contribution is 7.86. The van der Waals surface area contributed by atoms with Crippen molar-refractivity contribution in [2.45, 2.75) is 25.4 Å². The molecule has 0 amide bonds. The van der Waals surface area contributed by atoms with Crippen molar-refractivity contribution >= 4 is 21.1 Å². The van der Waals surface area contributed by atoms with Gasteiger partial charge in [-0.25, -0.2) is 15.1 Å². The van der Waals surface area contributed by atoms with E-state index in [9.17, 15) is 8.42 Å². The van der Waals surface area contributed by atoms with Crippen LogP contribution in [0, 0.1) is 0 Å². The quantitative estimate of drug-likeness (QED) is 0.704. The number of benzene rings is 2. The van der Waals surface area contributed by atoms with Crippen molar-refractivity contribution in [2.75, 3.05) is 7.11 Å². The Labute approximate surface area is 158 Å². The minimum Gasteiger partial charge on any atom is -0.497 e. The van der Waals surface area contributed by atoms with E-state index in [1.165, 1.54) is 10.6 Å². The van der Waals surface area contributed by atoms with Gasteiger partial charge in [-0.3, -0.25) is 0 Å². The van der Waals surface area contributed by atoms with E-state index in [1.54, 1.807) is 7.11 Å². The van der Waals surface area contributed by atoms with Crippen LogP contribution in [0.4, 0.5) is 0 Å². The fourth-order valence-electron chi connectivity index (χ4n) is 3.13. The second kappa shape index (κ2) is 6.88. The summed E-state index contributed by atoms with van der Waals surface area (Å²) in [7, 11) is -2.08. The molecule has 1 aliphatic rings. The summed E-state index contributed by atoms with van der Waals surface area (Å²) in [6.45, 7) is 0.283. The van der Waals surface area contributed by atoms with Gasteiger partial charge in [-0.15, -0.1) is 0 Å². The van der Waals surface area contributed by atoms with E-state index >= 15 is 0 Å². The molecular weight excluding hydrogens is 364 g/mol. The lowest BCUT2D eigenvalue weighted by atomic mass is 10.0. The second-order valence-corrected chi connectivity index (χ2v) is 8.12. The molecule has 8 heteroatoms. The second-order valence-electron chi connectivity index (χ2n) is 6.62. The molecule has 0 aliphatic heterocycles. The molecule has 3 aromatic rings. The number of ether oxygens (including phenoxy) is 1. The number of aromatic nitrogens is 2. The average Bonchev–Trinajstić information content (AvgIpc) is 3.49. The number of hydrogen-bond donors (Lipinski definition) is 1. The molecule has 0 spiro atoms. The van der Waals surface area contributed by atoms with Crippen molar-refractivity contribution in [3.05, 3.63) is 54.4 Å². The maximum atomic E-state index is 11.8. The third-order valence-corrected chi connectivity index (χ3v) is 5.77. The lowest BCUT2D eigenvalue weighted by Gasteiger charge is -2.19. The SMILES string of the molecule is COc1ccc2c(-c3ccc(CN(C4CC4)S(N)(=O)=O)cc3)ncnc2c1. The Balaban J connectivity index is 1.64. The molecule has 0 unspecified atom stereocenters. The van der Waals surface area contributed by atoms with Crippen LogP contribution in [-0.4, -0.2) is 35.8 Å². The Morgan fingerprint density at radius 2 is 1.89 bits per heavy atom. The maximum absolute atomic E-state index is 11.8. The molecule has 0 saturated heterocycles. The van der Waals surface area contributed by atoms with Crippen molar-refractivity contribution in [3.8, 4) is 17.0 Å². The van der Waals surface area contributed by atoms with Gasteiger partial charge in [-0.1, -0.05) is 24.3 Å². The largest absolute Gasteiger partial charge is 0.497 e. The zero-order chi connectivity index (χ0) is 19.0. The molecule has 1 heterocycles. The van der Waals surface area contributed by atoms with Gasteiger partial charge in [0.05, 0.1) is 18.3 Å². The van der Waals surface area contributed by atoms with Gasteiger partial charge in [0, 0.05) is 29.6 Å².